The van der Waals surface area contributed by atoms with Crippen LogP contribution >= 0.6 is 0 Å². The van der Waals surface area contributed by atoms with Crippen molar-refractivity contribution in [3.8, 4) is 0 Å². The molecule has 0 aliphatic heterocycles. The molecule has 0 spiro atoms. The molecule has 0 saturated carbocycles. The van der Waals surface area contributed by atoms with Crippen LogP contribution in [0, 0.1) is 5.92 Å². The predicted molar refractivity (Wildman–Crippen MR) is 41.7 cm³/mol. The fourth-order valence-corrected chi connectivity index (χ4v) is 1.43. The Morgan fingerprint density at radius 3 is 2.42 bits per heavy atom. The molecule has 1 aliphatic rings. The van der Waals surface area contributed by atoms with Gasteiger partial charge in [-0.15, -0.1) is 0 Å². The maximum absolute atomic E-state index is 12.2. The average molecular weight is 176 g/mol. The molecule has 0 heterocycles. The molecule has 68 valence electrons. The van der Waals surface area contributed by atoms with E-state index < -0.39 is 11.7 Å². The molecule has 0 fully saturated rings. The van der Waals surface area contributed by atoms with Gasteiger partial charge in [-0.3, -0.25) is 0 Å². The molecule has 0 radical (unpaired) electrons. The Kier molecular flexibility index (Phi) is 2.31. The number of rotatable bonds is 0. The van der Waals surface area contributed by atoms with E-state index in [0.29, 0.717) is 5.57 Å². The lowest BCUT2D eigenvalue weighted by Gasteiger charge is -2.19. The monoisotopic (exact) mass is 176 g/mol. The minimum absolute atomic E-state index is 0.00613. The normalized spacial score (nSPS) is 24.9. The molecule has 0 aromatic carbocycles. The van der Waals surface area contributed by atoms with Gasteiger partial charge in [0.05, 0.1) is 0 Å². The molecule has 0 unspecified atom stereocenters. The lowest BCUT2D eigenvalue weighted by atomic mass is 9.92. The first-order chi connectivity index (χ1) is 5.39. The highest BCUT2D eigenvalue weighted by atomic mass is 19.4. The maximum Gasteiger partial charge on any atom is 0.412 e. The summed E-state index contributed by atoms with van der Waals surface area (Å²) < 4.78 is 36.6. The van der Waals surface area contributed by atoms with E-state index in [9.17, 15) is 13.2 Å². The van der Waals surface area contributed by atoms with Crippen LogP contribution < -0.4 is 0 Å². The van der Waals surface area contributed by atoms with Crippen LogP contribution in [0.2, 0.25) is 0 Å². The van der Waals surface area contributed by atoms with Crippen molar-refractivity contribution in [1.82, 2.24) is 0 Å². The minimum atomic E-state index is -4.15. The zero-order chi connectivity index (χ0) is 9.35. The molecular formula is C9H11F3. The molecule has 0 N–H and O–H groups in total. The van der Waals surface area contributed by atoms with Crippen molar-refractivity contribution < 1.29 is 13.2 Å². The van der Waals surface area contributed by atoms with Crippen LogP contribution in [0.3, 0.4) is 0 Å². The lowest BCUT2D eigenvalue weighted by molar-refractivity contribution is -0.0950. The van der Waals surface area contributed by atoms with Crippen LogP contribution in [0.4, 0.5) is 13.2 Å². The van der Waals surface area contributed by atoms with Gasteiger partial charge in [0, 0.05) is 5.57 Å². The zero-order valence-corrected chi connectivity index (χ0v) is 7.07. The van der Waals surface area contributed by atoms with Crippen LogP contribution in [0.1, 0.15) is 20.3 Å². The minimum Gasteiger partial charge on any atom is -0.166 e. The van der Waals surface area contributed by atoms with Crippen molar-refractivity contribution in [3.05, 3.63) is 23.3 Å². The summed E-state index contributed by atoms with van der Waals surface area (Å²) in [6.45, 7) is 3.49. The van der Waals surface area contributed by atoms with Crippen LogP contribution in [0.5, 0.6) is 0 Å². The Morgan fingerprint density at radius 2 is 2.00 bits per heavy atom. The predicted octanol–water partition coefficient (Wildman–Crippen LogP) is 3.46. The Morgan fingerprint density at radius 1 is 1.42 bits per heavy atom. The van der Waals surface area contributed by atoms with Crippen molar-refractivity contribution in [2.24, 2.45) is 5.92 Å². The largest absolute Gasteiger partial charge is 0.412 e. The third kappa shape index (κ3) is 2.13. The van der Waals surface area contributed by atoms with E-state index in [1.165, 1.54) is 6.08 Å². The number of allylic oxidation sites excluding steroid dienone is 4. The van der Waals surface area contributed by atoms with Gasteiger partial charge >= 0.3 is 6.18 Å². The molecular weight excluding hydrogens is 165 g/mol. The molecule has 1 aliphatic carbocycles. The second kappa shape index (κ2) is 2.96. The van der Waals surface area contributed by atoms with E-state index in [1.807, 2.05) is 6.08 Å². The molecule has 0 aromatic heterocycles. The van der Waals surface area contributed by atoms with Gasteiger partial charge < -0.3 is 0 Å². The average Bonchev–Trinajstić information content (AvgIpc) is 1.82. The second-order valence-electron chi connectivity index (χ2n) is 3.26. The summed E-state index contributed by atoms with van der Waals surface area (Å²) in [5.74, 6) is 0.00613. The van der Waals surface area contributed by atoms with Gasteiger partial charge in [0.25, 0.3) is 0 Å². The van der Waals surface area contributed by atoms with Gasteiger partial charge in [-0.05, 0) is 19.3 Å². The summed E-state index contributed by atoms with van der Waals surface area (Å²) in [7, 11) is 0. The van der Waals surface area contributed by atoms with Crippen LogP contribution in [-0.2, 0) is 0 Å². The lowest BCUT2D eigenvalue weighted by Crippen LogP contribution is -2.16. The first-order valence-corrected chi connectivity index (χ1v) is 3.86. The van der Waals surface area contributed by atoms with Crippen molar-refractivity contribution in [2.75, 3.05) is 0 Å². The Hall–Kier alpha value is -0.730. The van der Waals surface area contributed by atoms with E-state index in [0.717, 1.165) is 0 Å². The van der Waals surface area contributed by atoms with Crippen LogP contribution in [0.15, 0.2) is 23.3 Å². The number of alkyl halides is 3. The summed E-state index contributed by atoms with van der Waals surface area (Å²) in [6, 6.07) is 0. The van der Waals surface area contributed by atoms with Gasteiger partial charge in [0.15, 0.2) is 0 Å². The third-order valence-electron chi connectivity index (χ3n) is 1.86. The van der Waals surface area contributed by atoms with Gasteiger partial charge in [-0.2, -0.15) is 13.2 Å². The van der Waals surface area contributed by atoms with Crippen molar-refractivity contribution in [3.63, 3.8) is 0 Å². The summed E-state index contributed by atoms with van der Waals surface area (Å²) in [5.41, 5.74) is 0.302. The summed E-state index contributed by atoms with van der Waals surface area (Å²) >= 11 is 0. The number of halogens is 3. The Bertz CT molecular complexity index is 233. The standard InChI is InChI=1S/C9H11F3/c1-6-3-7(2)5-8(4-6)9(10,11)12/h3-4,7H,5H2,1-2H3/t7-/m1/s1. The van der Waals surface area contributed by atoms with E-state index in [1.54, 1.807) is 13.8 Å². The quantitative estimate of drug-likeness (QED) is 0.530. The van der Waals surface area contributed by atoms with Crippen molar-refractivity contribution in [1.29, 1.82) is 0 Å². The number of hydrogen-bond acceptors (Lipinski definition) is 0. The van der Waals surface area contributed by atoms with Crippen LogP contribution in [-0.4, -0.2) is 6.18 Å². The molecule has 1 rings (SSSR count). The highest BCUT2D eigenvalue weighted by Crippen LogP contribution is 2.34. The molecule has 0 aromatic rings. The van der Waals surface area contributed by atoms with Gasteiger partial charge in [-0.25, -0.2) is 0 Å². The van der Waals surface area contributed by atoms with E-state index in [4.69, 9.17) is 0 Å². The summed E-state index contributed by atoms with van der Waals surface area (Å²) in [5, 5.41) is 0. The van der Waals surface area contributed by atoms with Gasteiger partial charge in [0.1, 0.15) is 0 Å². The summed E-state index contributed by atoms with van der Waals surface area (Å²) in [6.07, 6.45) is -0.958. The van der Waals surface area contributed by atoms with Crippen LogP contribution in [0.25, 0.3) is 0 Å². The van der Waals surface area contributed by atoms with Gasteiger partial charge in [0.2, 0.25) is 0 Å². The van der Waals surface area contributed by atoms with Crippen molar-refractivity contribution >= 4 is 0 Å². The topological polar surface area (TPSA) is 0 Å². The molecule has 0 amide bonds. The van der Waals surface area contributed by atoms with Crippen molar-refractivity contribution in [2.45, 2.75) is 26.4 Å². The molecule has 0 saturated heterocycles. The Balaban J connectivity index is 2.87. The molecule has 0 bridgehead atoms. The maximum atomic E-state index is 12.2. The van der Waals surface area contributed by atoms with E-state index in [-0.39, 0.29) is 12.3 Å². The Labute approximate surface area is 69.8 Å². The third-order valence-corrected chi connectivity index (χ3v) is 1.86. The van der Waals surface area contributed by atoms with E-state index in [2.05, 4.69) is 0 Å². The smallest absolute Gasteiger partial charge is 0.166 e. The second-order valence-corrected chi connectivity index (χ2v) is 3.26. The molecule has 12 heavy (non-hydrogen) atoms. The SMILES string of the molecule is CC1=C[C@@H](C)CC(C(F)(F)F)=C1. The number of hydrogen-bond donors (Lipinski definition) is 0. The highest BCUT2D eigenvalue weighted by molar-refractivity contribution is 5.29. The zero-order valence-electron chi connectivity index (χ0n) is 7.07. The first-order valence-electron chi connectivity index (χ1n) is 3.86. The van der Waals surface area contributed by atoms with E-state index >= 15 is 0 Å². The fourth-order valence-electron chi connectivity index (χ4n) is 1.43. The first kappa shape index (κ1) is 9.36. The summed E-state index contributed by atoms with van der Waals surface area (Å²) in [4.78, 5) is 0. The highest BCUT2D eigenvalue weighted by Gasteiger charge is 2.34. The molecule has 3 heteroatoms. The fraction of sp³-hybridized carbons (Fsp3) is 0.556. The molecule has 1 atom stereocenters. The molecule has 0 nitrogen and oxygen atoms in total. The van der Waals surface area contributed by atoms with Gasteiger partial charge in [-0.1, -0.05) is 24.6 Å².